The Bertz CT molecular complexity index is 76.2. The van der Waals surface area contributed by atoms with Crippen LogP contribution in [0.15, 0.2) is 12.2 Å². The van der Waals surface area contributed by atoms with Crippen molar-refractivity contribution < 1.29 is 0 Å². The van der Waals surface area contributed by atoms with Crippen LogP contribution in [0.1, 0.15) is 19.3 Å². The first-order valence-electron chi connectivity index (χ1n) is 3.06. The summed E-state index contributed by atoms with van der Waals surface area (Å²) in [5.74, 6) is 0. The van der Waals surface area contributed by atoms with Crippen LogP contribution in [0.5, 0.6) is 0 Å². The molecule has 0 fully saturated rings. The van der Waals surface area contributed by atoms with Crippen molar-refractivity contribution in [3.05, 3.63) is 12.2 Å². The molecule has 0 aliphatic heterocycles. The second-order valence-corrected chi connectivity index (χ2v) is 2.34. The Kier molecular flexibility index (Phi) is 2.03. The molecular weight excluding hydrogens is 79.0 g/mol. The standard InChI is InChI=1S/C6H9.Li/c1-2-4-6-5-3-1;/h1-3H,4-6H2;. The van der Waals surface area contributed by atoms with E-state index in [9.17, 15) is 0 Å². The molecule has 1 aliphatic carbocycles. The maximum absolute atomic E-state index is 2.31. The summed E-state index contributed by atoms with van der Waals surface area (Å²) in [4.78, 5) is 0. The topological polar surface area (TPSA) is 0 Å². The Morgan fingerprint density at radius 3 is 2.71 bits per heavy atom. The molecule has 0 saturated heterocycles. The molecule has 1 unspecified atom stereocenters. The summed E-state index contributed by atoms with van der Waals surface area (Å²) in [6.45, 7) is 0. The second kappa shape index (κ2) is 2.60. The molecule has 7 heavy (non-hydrogen) atoms. The predicted octanol–water partition coefficient (Wildman–Crippen LogP) is 1.68. The van der Waals surface area contributed by atoms with Gasteiger partial charge in [0.2, 0.25) is 0 Å². The van der Waals surface area contributed by atoms with Gasteiger partial charge in [0, 0.05) is 0 Å². The summed E-state index contributed by atoms with van der Waals surface area (Å²) >= 11 is 2.27. The number of hydrogen-bond acceptors (Lipinski definition) is 0. The molecule has 34 valence electrons. The van der Waals surface area contributed by atoms with Crippen molar-refractivity contribution >= 4 is 17.7 Å². The summed E-state index contributed by atoms with van der Waals surface area (Å²) in [6, 6.07) is 0. The first kappa shape index (κ1) is 5.47. The second-order valence-electron chi connectivity index (χ2n) is 2.34. The molecule has 1 atom stereocenters. The third kappa shape index (κ3) is 1.72. The van der Waals surface area contributed by atoms with Crippen LogP contribution >= 0.6 is 0 Å². The van der Waals surface area contributed by atoms with Gasteiger partial charge in [-0.25, -0.2) is 0 Å². The molecule has 0 radical (unpaired) electrons. The maximum atomic E-state index is 2.31. The van der Waals surface area contributed by atoms with Crippen molar-refractivity contribution in [3.8, 4) is 0 Å². The van der Waals surface area contributed by atoms with Gasteiger partial charge in [-0.1, -0.05) is 0 Å². The molecule has 1 rings (SSSR count). The average Bonchev–Trinajstić information content (AvgIpc) is 1.69. The van der Waals surface area contributed by atoms with Gasteiger partial charge in [-0.3, -0.25) is 0 Å². The van der Waals surface area contributed by atoms with E-state index in [0.717, 1.165) is 4.59 Å². The fourth-order valence-electron chi connectivity index (χ4n) is 0.982. The molecule has 0 bridgehead atoms. The van der Waals surface area contributed by atoms with Gasteiger partial charge in [-0.15, -0.1) is 0 Å². The van der Waals surface area contributed by atoms with Gasteiger partial charge in [0.1, 0.15) is 0 Å². The Hall–Kier alpha value is 0.337. The monoisotopic (exact) mass is 88.1 g/mol. The minimum atomic E-state index is 0.855. The van der Waals surface area contributed by atoms with Gasteiger partial charge in [0.05, 0.1) is 0 Å². The molecule has 1 aliphatic rings. The molecule has 0 N–H and O–H groups in total. The van der Waals surface area contributed by atoms with Crippen molar-refractivity contribution in [2.75, 3.05) is 0 Å². The Balaban J connectivity index is 2.36. The van der Waals surface area contributed by atoms with Gasteiger partial charge < -0.3 is 0 Å². The van der Waals surface area contributed by atoms with Gasteiger partial charge in [-0.05, 0) is 0 Å². The summed E-state index contributed by atoms with van der Waals surface area (Å²) in [5.41, 5.74) is 0. The van der Waals surface area contributed by atoms with E-state index in [1.165, 1.54) is 19.3 Å². The zero-order valence-electron chi connectivity index (χ0n) is 4.85. The molecule has 1 heteroatoms. The van der Waals surface area contributed by atoms with E-state index in [-0.39, 0.29) is 0 Å². The molecule has 0 aromatic rings. The third-order valence-corrected chi connectivity index (χ3v) is 1.49. The van der Waals surface area contributed by atoms with E-state index in [4.69, 9.17) is 0 Å². The Morgan fingerprint density at radius 1 is 1.57 bits per heavy atom. The quantitative estimate of drug-likeness (QED) is 0.312. The molecule has 0 saturated carbocycles. The molecule has 0 amide bonds. The summed E-state index contributed by atoms with van der Waals surface area (Å²) < 4.78 is 0.855. The number of rotatable bonds is 0. The third-order valence-electron chi connectivity index (χ3n) is 1.49. The van der Waals surface area contributed by atoms with Crippen LogP contribution in [0.2, 0.25) is 4.59 Å². The first-order chi connectivity index (χ1) is 3.39. The molecule has 0 aromatic heterocycles. The van der Waals surface area contributed by atoms with Crippen LogP contribution in [0, 0.1) is 0 Å². The van der Waals surface area contributed by atoms with Crippen molar-refractivity contribution in [3.63, 3.8) is 0 Å². The number of allylic oxidation sites excluding steroid dienone is 2. The van der Waals surface area contributed by atoms with E-state index in [1.54, 1.807) is 0 Å². The zero-order chi connectivity index (χ0) is 5.11. The van der Waals surface area contributed by atoms with Crippen LogP contribution in [0.3, 0.4) is 0 Å². The Labute approximate surface area is 54.2 Å². The molecule has 0 spiro atoms. The molecular formula is C6H9Li. The summed E-state index contributed by atoms with van der Waals surface area (Å²) in [7, 11) is 0. The molecule has 0 nitrogen and oxygen atoms in total. The fourth-order valence-corrected chi connectivity index (χ4v) is 0.982. The minimum absolute atomic E-state index is 0.855. The van der Waals surface area contributed by atoms with Crippen molar-refractivity contribution in [2.45, 2.75) is 23.9 Å². The van der Waals surface area contributed by atoms with E-state index < -0.39 is 0 Å². The predicted molar refractivity (Wildman–Crippen MR) is 32.5 cm³/mol. The first-order valence-corrected chi connectivity index (χ1v) is 3.06. The fraction of sp³-hybridized carbons (Fsp3) is 0.667. The van der Waals surface area contributed by atoms with Crippen molar-refractivity contribution in [1.82, 2.24) is 0 Å². The normalized spacial score (nSPS) is 30.9. The van der Waals surface area contributed by atoms with Crippen LogP contribution in [-0.2, 0) is 0 Å². The SMILES string of the molecule is [Li][CH]1C=CCCC1. The van der Waals surface area contributed by atoms with Gasteiger partial charge in [0.25, 0.3) is 0 Å². The van der Waals surface area contributed by atoms with E-state index >= 15 is 0 Å². The summed E-state index contributed by atoms with van der Waals surface area (Å²) in [5, 5.41) is 0. The van der Waals surface area contributed by atoms with Crippen LogP contribution in [0.25, 0.3) is 0 Å². The zero-order valence-corrected chi connectivity index (χ0v) is 4.85. The van der Waals surface area contributed by atoms with E-state index in [0.29, 0.717) is 0 Å². The summed E-state index contributed by atoms with van der Waals surface area (Å²) in [6.07, 6.45) is 8.70. The van der Waals surface area contributed by atoms with Crippen LogP contribution < -0.4 is 0 Å². The van der Waals surface area contributed by atoms with Crippen LogP contribution in [-0.4, -0.2) is 17.7 Å². The van der Waals surface area contributed by atoms with Crippen LogP contribution in [0.4, 0.5) is 0 Å². The van der Waals surface area contributed by atoms with Gasteiger partial charge >= 0.3 is 53.7 Å². The van der Waals surface area contributed by atoms with E-state index in [2.05, 4.69) is 29.9 Å². The molecule has 0 aromatic carbocycles. The average molecular weight is 88.1 g/mol. The van der Waals surface area contributed by atoms with Crippen molar-refractivity contribution in [1.29, 1.82) is 0 Å². The Morgan fingerprint density at radius 2 is 2.43 bits per heavy atom. The van der Waals surface area contributed by atoms with Gasteiger partial charge in [-0.2, -0.15) is 0 Å². The van der Waals surface area contributed by atoms with E-state index in [1.807, 2.05) is 0 Å². The molecule has 0 heterocycles. The number of hydrogen-bond donors (Lipinski definition) is 0. The van der Waals surface area contributed by atoms with Gasteiger partial charge in [0.15, 0.2) is 0 Å². The van der Waals surface area contributed by atoms with Crippen molar-refractivity contribution in [2.24, 2.45) is 0 Å².